The van der Waals surface area contributed by atoms with E-state index in [4.69, 9.17) is 4.74 Å². The van der Waals surface area contributed by atoms with Crippen LogP contribution < -0.4 is 4.31 Å². The van der Waals surface area contributed by atoms with E-state index in [0.717, 1.165) is 16.1 Å². The van der Waals surface area contributed by atoms with Gasteiger partial charge in [0.25, 0.3) is 5.91 Å². The van der Waals surface area contributed by atoms with Gasteiger partial charge < -0.3 is 14.5 Å². The van der Waals surface area contributed by atoms with Crippen LogP contribution in [0.1, 0.15) is 22.8 Å². The number of nitrogens with zero attached hydrogens (tertiary/aromatic N) is 3. The number of benzene rings is 1. The Hall–Kier alpha value is -2.29. The van der Waals surface area contributed by atoms with E-state index in [2.05, 4.69) is 0 Å². The molecule has 1 saturated heterocycles. The smallest absolute Gasteiger partial charge is 0.409 e. The Kier molecular flexibility index (Phi) is 6.12. The maximum Gasteiger partial charge on any atom is 0.409 e. The molecule has 1 aromatic rings. The molecule has 0 unspecified atom stereocenters. The van der Waals surface area contributed by atoms with E-state index in [1.165, 1.54) is 7.05 Å². The molecular weight excluding hydrogens is 358 g/mol. The van der Waals surface area contributed by atoms with Crippen LogP contribution in [-0.2, 0) is 14.8 Å². The van der Waals surface area contributed by atoms with E-state index in [-0.39, 0.29) is 12.0 Å². The van der Waals surface area contributed by atoms with E-state index in [9.17, 15) is 18.0 Å². The molecule has 0 aromatic heterocycles. The van der Waals surface area contributed by atoms with Crippen molar-refractivity contribution in [3.63, 3.8) is 0 Å². The summed E-state index contributed by atoms with van der Waals surface area (Å²) in [4.78, 5) is 27.7. The first-order valence-electron chi connectivity index (χ1n) is 8.40. The summed E-state index contributed by atoms with van der Waals surface area (Å²) >= 11 is 0. The molecule has 144 valence electrons. The Bertz CT molecular complexity index is 786. The fourth-order valence-corrected chi connectivity index (χ4v) is 3.30. The van der Waals surface area contributed by atoms with E-state index in [1.807, 2.05) is 0 Å². The number of anilines is 1. The summed E-state index contributed by atoms with van der Waals surface area (Å²) in [5, 5.41) is 0. The number of hydrogen-bond acceptors (Lipinski definition) is 5. The largest absolute Gasteiger partial charge is 0.450 e. The first-order chi connectivity index (χ1) is 12.1. The number of carbonyl (C=O) groups excluding carboxylic acids is 2. The van der Waals surface area contributed by atoms with Gasteiger partial charge in [0.15, 0.2) is 0 Å². The van der Waals surface area contributed by atoms with E-state index in [0.29, 0.717) is 44.0 Å². The molecule has 0 spiro atoms. The summed E-state index contributed by atoms with van der Waals surface area (Å²) in [6.45, 7) is 5.49. The van der Waals surface area contributed by atoms with Crippen molar-refractivity contribution in [2.75, 3.05) is 50.4 Å². The Morgan fingerprint density at radius 3 is 2.27 bits per heavy atom. The van der Waals surface area contributed by atoms with E-state index >= 15 is 0 Å². The number of rotatable bonds is 4. The number of sulfonamides is 1. The molecule has 0 radical (unpaired) electrons. The van der Waals surface area contributed by atoms with Gasteiger partial charge in [-0.15, -0.1) is 0 Å². The second-order valence-electron chi connectivity index (χ2n) is 6.21. The van der Waals surface area contributed by atoms with Crippen molar-refractivity contribution >= 4 is 27.7 Å². The number of ether oxygens (including phenoxy) is 1. The third-order valence-corrected chi connectivity index (χ3v) is 5.58. The summed E-state index contributed by atoms with van der Waals surface area (Å²) in [7, 11) is -1.96. The van der Waals surface area contributed by atoms with Gasteiger partial charge in [-0.05, 0) is 31.5 Å². The molecule has 0 bridgehead atoms. The second-order valence-corrected chi connectivity index (χ2v) is 8.22. The lowest BCUT2D eigenvalue weighted by molar-refractivity contribution is 0.0570. The Morgan fingerprint density at radius 1 is 1.15 bits per heavy atom. The van der Waals surface area contributed by atoms with Gasteiger partial charge in [-0.25, -0.2) is 13.2 Å². The average Bonchev–Trinajstić information content (AvgIpc) is 2.60. The molecule has 26 heavy (non-hydrogen) atoms. The summed E-state index contributed by atoms with van der Waals surface area (Å²) < 4.78 is 29.7. The van der Waals surface area contributed by atoms with Gasteiger partial charge >= 0.3 is 6.09 Å². The van der Waals surface area contributed by atoms with Gasteiger partial charge in [-0.2, -0.15) is 0 Å². The molecule has 0 N–H and O–H groups in total. The van der Waals surface area contributed by atoms with Crippen molar-refractivity contribution in [1.29, 1.82) is 0 Å². The van der Waals surface area contributed by atoms with Gasteiger partial charge in [-0.3, -0.25) is 9.10 Å². The second kappa shape index (κ2) is 7.94. The van der Waals surface area contributed by atoms with Crippen LogP contribution in [0.5, 0.6) is 0 Å². The maximum atomic E-state index is 12.8. The molecule has 9 heteroatoms. The zero-order valence-electron chi connectivity index (χ0n) is 15.6. The molecule has 1 heterocycles. The van der Waals surface area contributed by atoms with Crippen molar-refractivity contribution in [3.8, 4) is 0 Å². The van der Waals surface area contributed by atoms with Crippen molar-refractivity contribution in [1.82, 2.24) is 9.80 Å². The number of aryl methyl sites for hydroxylation is 1. The van der Waals surface area contributed by atoms with E-state index in [1.54, 1.807) is 41.8 Å². The van der Waals surface area contributed by atoms with Crippen molar-refractivity contribution in [2.45, 2.75) is 13.8 Å². The molecule has 8 nitrogen and oxygen atoms in total. The van der Waals surface area contributed by atoms with Crippen LogP contribution in [-0.4, -0.2) is 76.3 Å². The lowest BCUT2D eigenvalue weighted by atomic mass is 10.1. The minimum absolute atomic E-state index is 0.184. The lowest BCUT2D eigenvalue weighted by Gasteiger charge is -2.34. The zero-order chi connectivity index (χ0) is 19.5. The first kappa shape index (κ1) is 20.0. The van der Waals surface area contributed by atoms with Gasteiger partial charge in [0.05, 0.1) is 18.6 Å². The topological polar surface area (TPSA) is 87.2 Å². The first-order valence-corrected chi connectivity index (χ1v) is 10.3. The lowest BCUT2D eigenvalue weighted by Crippen LogP contribution is -2.50. The molecule has 2 rings (SSSR count). The van der Waals surface area contributed by atoms with Crippen LogP contribution in [0.25, 0.3) is 0 Å². The SMILES string of the molecule is CCOC(=O)N1CCN(C(=O)c2ccc(C)c(N(C)S(C)(=O)=O)c2)CC1. The number of piperazine rings is 1. The molecule has 0 aliphatic carbocycles. The normalized spacial score (nSPS) is 14.9. The predicted octanol–water partition coefficient (Wildman–Crippen LogP) is 1.31. The zero-order valence-corrected chi connectivity index (χ0v) is 16.4. The van der Waals surface area contributed by atoms with Gasteiger partial charge in [0, 0.05) is 38.8 Å². The van der Waals surface area contributed by atoms with Gasteiger partial charge in [0.1, 0.15) is 0 Å². The fourth-order valence-electron chi connectivity index (χ4n) is 2.75. The highest BCUT2D eigenvalue weighted by molar-refractivity contribution is 7.92. The molecule has 0 saturated carbocycles. The van der Waals surface area contributed by atoms with Crippen LogP contribution in [0.2, 0.25) is 0 Å². The monoisotopic (exact) mass is 383 g/mol. The maximum absolute atomic E-state index is 12.8. The summed E-state index contributed by atoms with van der Waals surface area (Å²) in [6, 6.07) is 5.02. The Morgan fingerprint density at radius 2 is 1.73 bits per heavy atom. The molecular formula is C17H25N3O5S. The molecule has 1 aliphatic heterocycles. The van der Waals surface area contributed by atoms with Crippen LogP contribution in [0.3, 0.4) is 0 Å². The van der Waals surface area contributed by atoms with Gasteiger partial charge in [-0.1, -0.05) is 6.07 Å². The van der Waals surface area contributed by atoms with E-state index < -0.39 is 10.0 Å². The standard InChI is InChI=1S/C17H25N3O5S/c1-5-25-17(22)20-10-8-19(9-11-20)16(21)14-7-6-13(2)15(12-14)18(3)26(4,23)24/h6-7,12H,5,8-11H2,1-4H3. The minimum atomic E-state index is -3.42. The highest BCUT2D eigenvalue weighted by Gasteiger charge is 2.26. The number of hydrogen-bond donors (Lipinski definition) is 0. The average molecular weight is 383 g/mol. The summed E-state index contributed by atoms with van der Waals surface area (Å²) in [5.74, 6) is -0.184. The number of amides is 2. The Balaban J connectivity index is 2.13. The van der Waals surface area contributed by atoms with Crippen molar-refractivity contribution in [2.24, 2.45) is 0 Å². The highest BCUT2D eigenvalue weighted by Crippen LogP contribution is 2.23. The predicted molar refractivity (Wildman–Crippen MR) is 98.9 cm³/mol. The van der Waals surface area contributed by atoms with Crippen LogP contribution >= 0.6 is 0 Å². The number of carbonyl (C=O) groups is 2. The minimum Gasteiger partial charge on any atom is -0.450 e. The molecule has 2 amide bonds. The molecule has 0 atom stereocenters. The summed E-state index contributed by atoms with van der Waals surface area (Å²) in [5.41, 5.74) is 1.66. The highest BCUT2D eigenvalue weighted by atomic mass is 32.2. The van der Waals surface area contributed by atoms with Crippen molar-refractivity contribution < 1.29 is 22.7 Å². The van der Waals surface area contributed by atoms with Gasteiger partial charge in [0.2, 0.25) is 10.0 Å². The third-order valence-electron chi connectivity index (χ3n) is 4.39. The molecule has 1 fully saturated rings. The fraction of sp³-hybridized carbons (Fsp3) is 0.529. The Labute approximate surface area is 154 Å². The molecule has 1 aliphatic rings. The quantitative estimate of drug-likeness (QED) is 0.782. The summed E-state index contributed by atoms with van der Waals surface area (Å²) in [6.07, 6.45) is 0.752. The van der Waals surface area contributed by atoms with Crippen LogP contribution in [0, 0.1) is 6.92 Å². The molecule has 1 aromatic carbocycles. The van der Waals surface area contributed by atoms with Crippen LogP contribution in [0.4, 0.5) is 10.5 Å². The third kappa shape index (κ3) is 4.46. The van der Waals surface area contributed by atoms with Crippen LogP contribution in [0.15, 0.2) is 18.2 Å². The van der Waals surface area contributed by atoms with Crippen molar-refractivity contribution in [3.05, 3.63) is 29.3 Å².